The largest absolute Gasteiger partial charge is 0.493 e. The molecule has 2 rings (SSSR count). The fourth-order valence-corrected chi connectivity index (χ4v) is 2.20. The Morgan fingerprint density at radius 1 is 1.18 bits per heavy atom. The summed E-state index contributed by atoms with van der Waals surface area (Å²) in [6.07, 6.45) is 3.13. The number of fused-ring (bicyclic) bond motifs is 1. The van der Waals surface area contributed by atoms with Crippen molar-refractivity contribution in [1.82, 2.24) is 4.98 Å². The standard InChI is InChI=1S/C17H19NO4/c1-5-22-17(19)7-6-12-8-11(2)18-14-10-16(21-4)15(20-3)9-13(12)14/h6-10H,5H2,1-4H3/b7-6+. The Morgan fingerprint density at radius 3 is 2.50 bits per heavy atom. The molecule has 0 N–H and O–H groups in total. The van der Waals surface area contributed by atoms with Crippen molar-refractivity contribution in [2.24, 2.45) is 0 Å². The summed E-state index contributed by atoms with van der Waals surface area (Å²) in [4.78, 5) is 16.0. The van der Waals surface area contributed by atoms with Gasteiger partial charge in [0.1, 0.15) is 0 Å². The minimum absolute atomic E-state index is 0.352. The van der Waals surface area contributed by atoms with Gasteiger partial charge in [-0.05, 0) is 37.6 Å². The van der Waals surface area contributed by atoms with Crippen molar-refractivity contribution in [2.45, 2.75) is 13.8 Å². The zero-order valence-electron chi connectivity index (χ0n) is 13.2. The van der Waals surface area contributed by atoms with Gasteiger partial charge in [-0.15, -0.1) is 0 Å². The number of hydrogen-bond donors (Lipinski definition) is 0. The van der Waals surface area contributed by atoms with Crippen LogP contribution in [0.15, 0.2) is 24.3 Å². The molecule has 0 spiro atoms. The molecule has 1 heterocycles. The van der Waals surface area contributed by atoms with Crippen LogP contribution in [0.25, 0.3) is 17.0 Å². The summed E-state index contributed by atoms with van der Waals surface area (Å²) in [5.74, 6) is 0.866. The van der Waals surface area contributed by atoms with E-state index in [4.69, 9.17) is 14.2 Å². The first-order chi connectivity index (χ1) is 10.6. The molecule has 0 radical (unpaired) electrons. The number of aryl methyl sites for hydroxylation is 1. The molecule has 1 aromatic carbocycles. The number of carbonyl (C=O) groups excluding carboxylic acids is 1. The molecule has 0 saturated carbocycles. The van der Waals surface area contributed by atoms with Crippen LogP contribution in [0, 0.1) is 6.92 Å². The average molecular weight is 301 g/mol. The number of esters is 1. The van der Waals surface area contributed by atoms with Crippen LogP contribution in [-0.4, -0.2) is 31.8 Å². The van der Waals surface area contributed by atoms with Gasteiger partial charge in [-0.1, -0.05) is 0 Å². The van der Waals surface area contributed by atoms with Gasteiger partial charge in [0, 0.05) is 23.2 Å². The number of hydrogen-bond acceptors (Lipinski definition) is 5. The third-order valence-electron chi connectivity index (χ3n) is 3.16. The van der Waals surface area contributed by atoms with E-state index in [2.05, 4.69) is 4.98 Å². The lowest BCUT2D eigenvalue weighted by Gasteiger charge is -2.11. The molecule has 0 aliphatic carbocycles. The Labute approximate surface area is 129 Å². The van der Waals surface area contributed by atoms with Crippen LogP contribution in [0.4, 0.5) is 0 Å². The Morgan fingerprint density at radius 2 is 1.86 bits per heavy atom. The van der Waals surface area contributed by atoms with Crippen LogP contribution in [0.2, 0.25) is 0 Å². The highest BCUT2D eigenvalue weighted by molar-refractivity contribution is 5.94. The number of ether oxygens (including phenoxy) is 3. The maximum absolute atomic E-state index is 11.5. The van der Waals surface area contributed by atoms with Crippen molar-refractivity contribution in [2.75, 3.05) is 20.8 Å². The molecule has 0 aliphatic rings. The molecule has 5 nitrogen and oxygen atoms in total. The van der Waals surface area contributed by atoms with Crippen molar-refractivity contribution in [1.29, 1.82) is 0 Å². The molecule has 0 amide bonds. The quantitative estimate of drug-likeness (QED) is 0.627. The highest BCUT2D eigenvalue weighted by Gasteiger charge is 2.10. The van der Waals surface area contributed by atoms with E-state index in [9.17, 15) is 4.79 Å². The van der Waals surface area contributed by atoms with Gasteiger partial charge < -0.3 is 14.2 Å². The van der Waals surface area contributed by atoms with Gasteiger partial charge in [-0.25, -0.2) is 4.79 Å². The van der Waals surface area contributed by atoms with Crippen LogP contribution in [0.5, 0.6) is 11.5 Å². The third-order valence-corrected chi connectivity index (χ3v) is 3.16. The van der Waals surface area contributed by atoms with Gasteiger partial charge in [0.05, 0.1) is 26.3 Å². The highest BCUT2D eigenvalue weighted by atomic mass is 16.5. The first-order valence-electron chi connectivity index (χ1n) is 6.97. The number of benzene rings is 1. The summed E-state index contributed by atoms with van der Waals surface area (Å²) in [7, 11) is 3.17. The van der Waals surface area contributed by atoms with Crippen LogP contribution in [0.3, 0.4) is 0 Å². The van der Waals surface area contributed by atoms with E-state index in [0.717, 1.165) is 22.2 Å². The van der Waals surface area contributed by atoms with Crippen LogP contribution >= 0.6 is 0 Å². The average Bonchev–Trinajstić information content (AvgIpc) is 2.51. The molecular formula is C17H19NO4. The summed E-state index contributed by atoms with van der Waals surface area (Å²) in [6, 6.07) is 5.58. The summed E-state index contributed by atoms with van der Waals surface area (Å²) in [6.45, 7) is 4.02. The van der Waals surface area contributed by atoms with E-state index in [1.165, 1.54) is 6.08 Å². The number of pyridine rings is 1. The SMILES string of the molecule is CCOC(=O)/C=C/c1cc(C)nc2cc(OC)c(OC)cc12. The summed E-state index contributed by atoms with van der Waals surface area (Å²) in [5.41, 5.74) is 2.50. The number of aromatic nitrogens is 1. The van der Waals surface area contributed by atoms with Gasteiger partial charge >= 0.3 is 5.97 Å². The smallest absolute Gasteiger partial charge is 0.330 e. The maximum atomic E-state index is 11.5. The molecule has 0 fully saturated rings. The topological polar surface area (TPSA) is 57.7 Å². The lowest BCUT2D eigenvalue weighted by atomic mass is 10.1. The van der Waals surface area contributed by atoms with Crippen LogP contribution in [0.1, 0.15) is 18.2 Å². The van der Waals surface area contributed by atoms with Crippen molar-refractivity contribution in [3.05, 3.63) is 35.5 Å². The van der Waals surface area contributed by atoms with Crippen molar-refractivity contribution < 1.29 is 19.0 Å². The first-order valence-corrected chi connectivity index (χ1v) is 6.97. The predicted molar refractivity (Wildman–Crippen MR) is 85.3 cm³/mol. The molecule has 0 bridgehead atoms. The zero-order valence-corrected chi connectivity index (χ0v) is 13.2. The molecule has 0 saturated heterocycles. The second-order valence-corrected chi connectivity index (χ2v) is 4.66. The minimum atomic E-state index is -0.370. The lowest BCUT2D eigenvalue weighted by Crippen LogP contribution is -1.99. The van der Waals surface area contributed by atoms with Crippen molar-refractivity contribution >= 4 is 22.9 Å². The molecule has 116 valence electrons. The van der Waals surface area contributed by atoms with Gasteiger partial charge in [-0.3, -0.25) is 4.98 Å². The van der Waals surface area contributed by atoms with Gasteiger partial charge in [0.25, 0.3) is 0 Å². The van der Waals surface area contributed by atoms with E-state index in [0.29, 0.717) is 18.1 Å². The van der Waals surface area contributed by atoms with E-state index in [1.54, 1.807) is 27.2 Å². The molecule has 1 aromatic heterocycles. The van der Waals surface area contributed by atoms with Crippen LogP contribution in [-0.2, 0) is 9.53 Å². The van der Waals surface area contributed by atoms with Crippen LogP contribution < -0.4 is 9.47 Å². The van der Waals surface area contributed by atoms with Crippen molar-refractivity contribution in [3.63, 3.8) is 0 Å². The number of carbonyl (C=O) groups is 1. The number of nitrogens with zero attached hydrogens (tertiary/aromatic N) is 1. The zero-order chi connectivity index (χ0) is 16.1. The normalized spacial score (nSPS) is 10.9. The van der Waals surface area contributed by atoms with E-state index < -0.39 is 0 Å². The molecular weight excluding hydrogens is 282 g/mol. The highest BCUT2D eigenvalue weighted by Crippen LogP contribution is 2.33. The number of rotatable bonds is 5. The summed E-state index contributed by atoms with van der Waals surface area (Å²) < 4.78 is 15.5. The molecule has 5 heteroatoms. The second-order valence-electron chi connectivity index (χ2n) is 4.66. The summed E-state index contributed by atoms with van der Waals surface area (Å²) in [5, 5.41) is 0.879. The molecule has 0 unspecified atom stereocenters. The summed E-state index contributed by atoms with van der Waals surface area (Å²) >= 11 is 0. The van der Waals surface area contributed by atoms with Gasteiger partial charge in [0.15, 0.2) is 11.5 Å². The first kappa shape index (κ1) is 15.8. The maximum Gasteiger partial charge on any atom is 0.330 e. The molecule has 0 aliphatic heterocycles. The predicted octanol–water partition coefficient (Wildman–Crippen LogP) is 3.14. The molecule has 0 atom stereocenters. The van der Waals surface area contributed by atoms with Gasteiger partial charge in [0.2, 0.25) is 0 Å². The Bertz CT molecular complexity index is 722. The minimum Gasteiger partial charge on any atom is -0.493 e. The monoisotopic (exact) mass is 301 g/mol. The Hall–Kier alpha value is -2.56. The van der Waals surface area contributed by atoms with E-state index in [-0.39, 0.29) is 5.97 Å². The molecule has 22 heavy (non-hydrogen) atoms. The lowest BCUT2D eigenvalue weighted by molar-refractivity contribution is -0.137. The van der Waals surface area contributed by atoms with E-state index >= 15 is 0 Å². The molecule has 2 aromatic rings. The van der Waals surface area contributed by atoms with Gasteiger partial charge in [-0.2, -0.15) is 0 Å². The fraction of sp³-hybridized carbons (Fsp3) is 0.294. The third kappa shape index (κ3) is 3.36. The fourth-order valence-electron chi connectivity index (χ4n) is 2.20. The van der Waals surface area contributed by atoms with E-state index in [1.807, 2.05) is 25.1 Å². The van der Waals surface area contributed by atoms with Crippen molar-refractivity contribution in [3.8, 4) is 11.5 Å². The Kier molecular flexibility index (Phi) is 4.99. The second kappa shape index (κ2) is 6.93. The number of methoxy groups -OCH3 is 2. The Balaban J connectivity index is 2.55.